The number of hydrogen-bond donors (Lipinski definition) is 1. The van der Waals surface area contributed by atoms with Crippen molar-refractivity contribution in [2.75, 3.05) is 14.2 Å². The van der Waals surface area contributed by atoms with E-state index in [0.29, 0.717) is 16.7 Å². The molecule has 2 N–H and O–H groups in total. The Hall–Kier alpha value is -2.68. The molecule has 1 unspecified atom stereocenters. The number of rotatable bonds is 6. The number of benzene rings is 2. The lowest BCUT2D eigenvalue weighted by atomic mass is 10.1. The van der Waals surface area contributed by atoms with Crippen LogP contribution in [0.15, 0.2) is 57.8 Å². The summed E-state index contributed by atoms with van der Waals surface area (Å²) in [5.41, 5.74) is 1.93. The van der Waals surface area contributed by atoms with Gasteiger partial charge in [-0.05, 0) is 30.7 Å². The van der Waals surface area contributed by atoms with E-state index < -0.39 is 16.1 Å². The zero-order valence-electron chi connectivity index (χ0n) is 15.9. The summed E-state index contributed by atoms with van der Waals surface area (Å²) < 4.78 is 34.3. The maximum atomic E-state index is 13.1. The number of amides is 1. The number of fused-ring (bicyclic) bond motifs is 1. The molecule has 1 heterocycles. The zero-order valence-corrected chi connectivity index (χ0v) is 16.7. The lowest BCUT2D eigenvalue weighted by molar-refractivity contribution is 0.0706. The molecule has 8 heteroatoms. The van der Waals surface area contributed by atoms with Crippen LogP contribution in [0.4, 0.5) is 0 Å². The van der Waals surface area contributed by atoms with Crippen LogP contribution in [0, 0.1) is 0 Å². The second-order valence-electron chi connectivity index (χ2n) is 6.55. The highest BCUT2D eigenvalue weighted by molar-refractivity contribution is 7.89. The van der Waals surface area contributed by atoms with Crippen molar-refractivity contribution in [3.8, 4) is 0 Å². The van der Waals surface area contributed by atoms with E-state index in [2.05, 4.69) is 0 Å². The molecule has 3 aromatic rings. The van der Waals surface area contributed by atoms with Crippen molar-refractivity contribution >= 4 is 26.9 Å². The summed E-state index contributed by atoms with van der Waals surface area (Å²) in [5.74, 6) is -0.114. The first-order chi connectivity index (χ1) is 13.2. The fourth-order valence-corrected chi connectivity index (χ4v) is 3.64. The van der Waals surface area contributed by atoms with Crippen molar-refractivity contribution in [2.45, 2.75) is 24.5 Å². The molecule has 1 atom stereocenters. The highest BCUT2D eigenvalue weighted by Crippen LogP contribution is 2.30. The molecule has 0 spiro atoms. The van der Waals surface area contributed by atoms with Crippen LogP contribution >= 0.6 is 0 Å². The number of ether oxygens (including phenoxy) is 1. The molecule has 0 radical (unpaired) electrons. The standard InChI is InChI=1S/C20H22N2O5S/c1-13(14-7-6-8-15(11-14)28(21,24)25)22(2)20(23)19-17(12-26-3)16-9-4-5-10-18(16)27-19/h4-11,13H,12H2,1-3H3,(H2,21,24,25). The summed E-state index contributed by atoms with van der Waals surface area (Å²) in [4.78, 5) is 14.6. The van der Waals surface area contributed by atoms with Crippen LogP contribution in [0.2, 0.25) is 0 Å². The third-order valence-corrected chi connectivity index (χ3v) is 5.66. The van der Waals surface area contributed by atoms with Gasteiger partial charge in [-0.15, -0.1) is 0 Å². The van der Waals surface area contributed by atoms with E-state index in [4.69, 9.17) is 14.3 Å². The topological polar surface area (TPSA) is 103 Å². The normalized spacial score (nSPS) is 12.9. The predicted octanol–water partition coefficient (Wildman–Crippen LogP) is 3.06. The van der Waals surface area contributed by atoms with Crippen LogP contribution in [0.25, 0.3) is 11.0 Å². The monoisotopic (exact) mass is 402 g/mol. The van der Waals surface area contributed by atoms with Gasteiger partial charge >= 0.3 is 0 Å². The predicted molar refractivity (Wildman–Crippen MR) is 105 cm³/mol. The Kier molecular flexibility index (Phi) is 5.55. The van der Waals surface area contributed by atoms with Crippen LogP contribution in [-0.4, -0.2) is 33.4 Å². The molecule has 0 aliphatic carbocycles. The number of carbonyl (C=O) groups is 1. The Labute approximate surface area is 163 Å². The lowest BCUT2D eigenvalue weighted by Crippen LogP contribution is -2.30. The third-order valence-electron chi connectivity index (χ3n) is 4.75. The van der Waals surface area contributed by atoms with Gasteiger partial charge in [0.25, 0.3) is 5.91 Å². The molecular weight excluding hydrogens is 380 g/mol. The molecule has 0 aliphatic heterocycles. The first-order valence-corrected chi connectivity index (χ1v) is 10.2. The molecule has 148 valence electrons. The molecule has 2 aromatic carbocycles. The second kappa shape index (κ2) is 7.75. The van der Waals surface area contributed by atoms with E-state index in [9.17, 15) is 13.2 Å². The number of primary sulfonamides is 1. The Bertz CT molecular complexity index is 1120. The minimum Gasteiger partial charge on any atom is -0.451 e. The average Bonchev–Trinajstić information content (AvgIpc) is 3.04. The molecule has 1 amide bonds. The quantitative estimate of drug-likeness (QED) is 0.683. The van der Waals surface area contributed by atoms with E-state index in [1.54, 1.807) is 39.3 Å². The van der Waals surface area contributed by atoms with E-state index >= 15 is 0 Å². The van der Waals surface area contributed by atoms with Crippen LogP contribution in [-0.2, 0) is 21.4 Å². The number of hydrogen-bond acceptors (Lipinski definition) is 5. The minimum atomic E-state index is -3.83. The van der Waals surface area contributed by atoms with Gasteiger partial charge < -0.3 is 14.1 Å². The van der Waals surface area contributed by atoms with Gasteiger partial charge in [0.1, 0.15) is 5.58 Å². The number of furan rings is 1. The maximum Gasteiger partial charge on any atom is 0.290 e. The molecule has 3 rings (SSSR count). The Morgan fingerprint density at radius 1 is 1.21 bits per heavy atom. The molecule has 0 aliphatic rings. The van der Waals surface area contributed by atoms with Crippen LogP contribution in [0.5, 0.6) is 0 Å². The van der Waals surface area contributed by atoms with E-state index in [1.165, 1.54) is 17.0 Å². The fraction of sp³-hybridized carbons (Fsp3) is 0.250. The lowest BCUT2D eigenvalue weighted by Gasteiger charge is -2.25. The van der Waals surface area contributed by atoms with Gasteiger partial charge in [-0.25, -0.2) is 13.6 Å². The number of carbonyl (C=O) groups excluding carboxylic acids is 1. The number of methoxy groups -OCH3 is 1. The maximum absolute atomic E-state index is 13.1. The van der Waals surface area contributed by atoms with Gasteiger partial charge in [0, 0.05) is 25.1 Å². The van der Waals surface area contributed by atoms with Gasteiger partial charge in [0.05, 0.1) is 17.5 Å². The van der Waals surface area contributed by atoms with Gasteiger partial charge in [-0.1, -0.05) is 30.3 Å². The molecule has 0 saturated carbocycles. The largest absolute Gasteiger partial charge is 0.451 e. The van der Waals surface area contributed by atoms with Crippen molar-refractivity contribution < 1.29 is 22.4 Å². The highest BCUT2D eigenvalue weighted by atomic mass is 32.2. The van der Waals surface area contributed by atoms with Crippen molar-refractivity contribution in [1.82, 2.24) is 4.90 Å². The first-order valence-electron chi connectivity index (χ1n) is 8.63. The first kappa shape index (κ1) is 20.1. The van der Waals surface area contributed by atoms with Crippen molar-refractivity contribution in [3.05, 3.63) is 65.4 Å². The van der Waals surface area contributed by atoms with Gasteiger partial charge in [0.2, 0.25) is 10.0 Å². The van der Waals surface area contributed by atoms with Gasteiger partial charge in [0.15, 0.2) is 5.76 Å². The van der Waals surface area contributed by atoms with Gasteiger partial charge in [-0.2, -0.15) is 0 Å². The summed E-state index contributed by atoms with van der Waals surface area (Å²) in [7, 11) is -0.631. The molecular formula is C20H22N2O5S. The Morgan fingerprint density at radius 3 is 2.61 bits per heavy atom. The van der Waals surface area contributed by atoms with Crippen molar-refractivity contribution in [2.24, 2.45) is 5.14 Å². The zero-order chi connectivity index (χ0) is 20.5. The molecule has 0 saturated heterocycles. The van der Waals surface area contributed by atoms with Crippen molar-refractivity contribution in [1.29, 1.82) is 0 Å². The molecule has 7 nitrogen and oxygen atoms in total. The van der Waals surface area contributed by atoms with Crippen LogP contribution in [0.3, 0.4) is 0 Å². The minimum absolute atomic E-state index is 0.00140. The van der Waals surface area contributed by atoms with E-state index in [0.717, 1.165) is 5.39 Å². The highest BCUT2D eigenvalue weighted by Gasteiger charge is 2.27. The summed E-state index contributed by atoms with van der Waals surface area (Å²) in [6.45, 7) is 2.04. The number of nitrogens with two attached hydrogens (primary N) is 1. The second-order valence-corrected chi connectivity index (χ2v) is 8.11. The Morgan fingerprint density at radius 2 is 1.93 bits per heavy atom. The van der Waals surface area contributed by atoms with Crippen LogP contribution < -0.4 is 5.14 Å². The number of nitrogens with zero attached hydrogens (tertiary/aromatic N) is 1. The van der Waals surface area contributed by atoms with E-state index in [-0.39, 0.29) is 23.2 Å². The molecule has 0 bridgehead atoms. The smallest absolute Gasteiger partial charge is 0.290 e. The van der Waals surface area contributed by atoms with Crippen molar-refractivity contribution in [3.63, 3.8) is 0 Å². The third kappa shape index (κ3) is 3.80. The van der Waals surface area contributed by atoms with E-state index in [1.807, 2.05) is 18.2 Å². The van der Waals surface area contributed by atoms with Crippen LogP contribution in [0.1, 0.15) is 34.6 Å². The number of sulfonamides is 1. The van der Waals surface area contributed by atoms with Gasteiger partial charge in [-0.3, -0.25) is 4.79 Å². The summed E-state index contributed by atoms with van der Waals surface area (Å²) in [6, 6.07) is 13.2. The number of para-hydroxylation sites is 1. The molecule has 28 heavy (non-hydrogen) atoms. The molecule has 0 fully saturated rings. The summed E-state index contributed by atoms with van der Waals surface area (Å²) in [6.07, 6.45) is 0. The SMILES string of the molecule is COCc1c(C(=O)N(C)C(C)c2cccc(S(N)(=O)=O)c2)oc2ccccc12. The summed E-state index contributed by atoms with van der Waals surface area (Å²) in [5, 5.41) is 6.04. The fourth-order valence-electron chi connectivity index (χ4n) is 3.07. The Balaban J connectivity index is 1.97. The summed E-state index contributed by atoms with van der Waals surface area (Å²) >= 11 is 0. The molecule has 1 aromatic heterocycles. The average molecular weight is 402 g/mol.